The Bertz CT molecular complexity index is 1160. The molecule has 0 atom stereocenters. The first-order valence-corrected chi connectivity index (χ1v) is 12.5. The van der Waals surface area contributed by atoms with Gasteiger partial charge in [0.05, 0.1) is 21.2 Å². The van der Waals surface area contributed by atoms with Crippen LogP contribution in [0.5, 0.6) is 5.75 Å². The second-order valence-electron chi connectivity index (χ2n) is 7.98. The van der Waals surface area contributed by atoms with Gasteiger partial charge >= 0.3 is 5.51 Å². The topological polar surface area (TPSA) is 83.5 Å². The Labute approximate surface area is 194 Å². The molecule has 1 amide bonds. The number of nitrogens with one attached hydrogen (secondary N) is 1. The van der Waals surface area contributed by atoms with Crippen molar-refractivity contribution in [1.29, 1.82) is 0 Å². The van der Waals surface area contributed by atoms with E-state index in [-0.39, 0.29) is 17.0 Å². The van der Waals surface area contributed by atoms with Crippen molar-refractivity contribution in [3.63, 3.8) is 0 Å². The quantitative estimate of drug-likeness (QED) is 0.471. The number of benzene rings is 2. The van der Waals surface area contributed by atoms with Gasteiger partial charge in [-0.2, -0.15) is 13.2 Å². The molecule has 0 radical (unpaired) electrons. The van der Waals surface area contributed by atoms with Gasteiger partial charge in [0.25, 0.3) is 15.7 Å². The molecule has 0 aliphatic heterocycles. The van der Waals surface area contributed by atoms with Crippen molar-refractivity contribution in [3.8, 4) is 5.75 Å². The lowest BCUT2D eigenvalue weighted by atomic mass is 9.83. The fourth-order valence-electron chi connectivity index (χ4n) is 3.12. The van der Waals surface area contributed by atoms with Crippen LogP contribution in [0, 0.1) is 0 Å². The Morgan fingerprint density at radius 3 is 2.22 bits per heavy atom. The maximum absolute atomic E-state index is 13.1. The second-order valence-corrected chi connectivity index (χ2v) is 11.2. The molecule has 11 heteroatoms. The molecule has 0 aliphatic rings. The van der Waals surface area contributed by atoms with Gasteiger partial charge in [-0.05, 0) is 47.9 Å². The van der Waals surface area contributed by atoms with Crippen LogP contribution in [0.2, 0.25) is 5.02 Å². The van der Waals surface area contributed by atoms with Crippen molar-refractivity contribution in [3.05, 3.63) is 46.0 Å². The number of anilines is 1. The van der Waals surface area contributed by atoms with Crippen molar-refractivity contribution in [2.24, 2.45) is 0 Å². The molecule has 176 valence electrons. The van der Waals surface area contributed by atoms with E-state index >= 15 is 0 Å². The maximum Gasteiger partial charge on any atom is 0.501 e. The van der Waals surface area contributed by atoms with E-state index in [4.69, 9.17) is 11.6 Å². The molecule has 2 aromatic carbocycles. The van der Waals surface area contributed by atoms with Crippen LogP contribution in [0.4, 0.5) is 18.9 Å². The van der Waals surface area contributed by atoms with Crippen LogP contribution < -0.4 is 5.32 Å². The van der Waals surface area contributed by atoms with Gasteiger partial charge in [0.1, 0.15) is 5.75 Å². The van der Waals surface area contributed by atoms with Gasteiger partial charge in [-0.1, -0.05) is 39.3 Å². The lowest BCUT2D eigenvalue weighted by Crippen LogP contribution is -2.23. The SMILES string of the molecule is CCc1c(SC)cc(C(C)(C)C)c(O)c1C(=O)Nc1ccc(S(=O)(=O)C(F)(F)F)cc1Cl. The number of phenols is 1. The average molecular weight is 510 g/mol. The largest absolute Gasteiger partial charge is 0.507 e. The number of aromatic hydroxyl groups is 1. The van der Waals surface area contributed by atoms with Crippen LogP contribution in [0.25, 0.3) is 0 Å². The van der Waals surface area contributed by atoms with Crippen LogP contribution in [-0.2, 0) is 21.7 Å². The smallest absolute Gasteiger partial charge is 0.501 e. The van der Waals surface area contributed by atoms with Crippen molar-refractivity contribution in [2.45, 2.75) is 54.8 Å². The first-order chi connectivity index (χ1) is 14.6. The van der Waals surface area contributed by atoms with Crippen molar-refractivity contribution in [2.75, 3.05) is 11.6 Å². The highest BCUT2D eigenvalue weighted by molar-refractivity contribution is 7.98. The van der Waals surface area contributed by atoms with Crippen molar-refractivity contribution >= 4 is 44.8 Å². The van der Waals surface area contributed by atoms with Crippen LogP contribution in [0.3, 0.4) is 0 Å². The molecule has 2 rings (SSSR count). The van der Waals surface area contributed by atoms with Crippen molar-refractivity contribution < 1.29 is 31.5 Å². The minimum atomic E-state index is -5.58. The molecular formula is C21H23ClF3NO4S2. The molecule has 0 fully saturated rings. The van der Waals surface area contributed by atoms with Gasteiger partial charge < -0.3 is 10.4 Å². The fraction of sp³-hybridized carbons (Fsp3) is 0.381. The summed E-state index contributed by atoms with van der Waals surface area (Å²) in [6.07, 6.45) is 2.28. The normalized spacial score (nSPS) is 12.7. The average Bonchev–Trinajstić information content (AvgIpc) is 2.66. The Morgan fingerprint density at radius 2 is 1.78 bits per heavy atom. The highest BCUT2D eigenvalue weighted by Crippen LogP contribution is 2.41. The van der Waals surface area contributed by atoms with E-state index in [0.29, 0.717) is 29.7 Å². The summed E-state index contributed by atoms with van der Waals surface area (Å²) in [5.41, 5.74) is -4.85. The Morgan fingerprint density at radius 1 is 1.19 bits per heavy atom. The van der Waals surface area contributed by atoms with Gasteiger partial charge in [0.2, 0.25) is 0 Å². The summed E-state index contributed by atoms with van der Waals surface area (Å²) in [5, 5.41) is 13.0. The third-order valence-corrected chi connectivity index (χ3v) is 7.38. The molecule has 0 aromatic heterocycles. The lowest BCUT2D eigenvalue weighted by molar-refractivity contribution is -0.0436. The zero-order valence-electron chi connectivity index (χ0n) is 18.0. The molecule has 2 N–H and O–H groups in total. The Kier molecular flexibility index (Phi) is 7.53. The van der Waals surface area contributed by atoms with E-state index in [9.17, 15) is 31.5 Å². The third kappa shape index (κ3) is 5.02. The number of thioether (sulfide) groups is 1. The maximum atomic E-state index is 13.1. The monoisotopic (exact) mass is 509 g/mol. The Hall–Kier alpha value is -1.91. The molecular weight excluding hydrogens is 487 g/mol. The zero-order valence-corrected chi connectivity index (χ0v) is 20.4. The van der Waals surface area contributed by atoms with E-state index in [1.165, 1.54) is 11.8 Å². The molecule has 32 heavy (non-hydrogen) atoms. The molecule has 0 heterocycles. The highest BCUT2D eigenvalue weighted by Gasteiger charge is 2.47. The number of alkyl halides is 3. The highest BCUT2D eigenvalue weighted by atomic mass is 35.5. The third-order valence-electron chi connectivity index (χ3n) is 4.78. The number of rotatable bonds is 5. The van der Waals surface area contributed by atoms with Gasteiger partial charge in [-0.25, -0.2) is 8.42 Å². The first-order valence-electron chi connectivity index (χ1n) is 9.41. The van der Waals surface area contributed by atoms with Gasteiger partial charge in [-0.15, -0.1) is 11.8 Å². The molecule has 0 aliphatic carbocycles. The summed E-state index contributed by atoms with van der Waals surface area (Å²) in [5.74, 6) is -0.911. The van der Waals surface area contributed by atoms with Gasteiger partial charge in [-0.3, -0.25) is 4.79 Å². The standard InChI is InChI=1S/C21H23ClF3NO4S2/c1-6-12-16(31-5)10-13(20(2,3)4)18(27)17(12)19(28)26-15-8-7-11(9-14(15)22)32(29,30)21(23,24)25/h7-10,27H,6H2,1-5H3,(H,26,28). The van der Waals surface area contributed by atoms with Crippen molar-refractivity contribution in [1.82, 2.24) is 0 Å². The van der Waals surface area contributed by atoms with Gasteiger partial charge in [0, 0.05) is 10.5 Å². The molecule has 0 unspecified atom stereocenters. The molecule has 0 saturated heterocycles. The number of carbonyl (C=O) groups is 1. The number of hydrogen-bond acceptors (Lipinski definition) is 5. The molecule has 5 nitrogen and oxygen atoms in total. The van der Waals surface area contributed by atoms with Crippen LogP contribution >= 0.6 is 23.4 Å². The van der Waals surface area contributed by atoms with E-state index in [1.807, 2.05) is 40.0 Å². The summed E-state index contributed by atoms with van der Waals surface area (Å²) in [7, 11) is -5.58. The number of sulfone groups is 1. The van der Waals surface area contributed by atoms with E-state index < -0.39 is 36.6 Å². The number of amides is 1. The summed E-state index contributed by atoms with van der Waals surface area (Å²) < 4.78 is 61.5. The minimum absolute atomic E-state index is 0.0346. The molecule has 0 saturated carbocycles. The predicted molar refractivity (Wildman–Crippen MR) is 121 cm³/mol. The second kappa shape index (κ2) is 9.15. The number of carbonyl (C=O) groups excluding carboxylic acids is 1. The summed E-state index contributed by atoms with van der Waals surface area (Å²) in [4.78, 5) is 12.9. The van der Waals surface area contributed by atoms with Crippen LogP contribution in [0.1, 0.15) is 49.2 Å². The van der Waals surface area contributed by atoms with E-state index in [2.05, 4.69) is 5.32 Å². The number of halogens is 4. The van der Waals surface area contributed by atoms with E-state index in [1.54, 1.807) is 0 Å². The molecule has 0 spiro atoms. The van der Waals surface area contributed by atoms with Crippen LogP contribution in [-0.4, -0.2) is 31.2 Å². The zero-order chi connectivity index (χ0) is 24.6. The summed E-state index contributed by atoms with van der Waals surface area (Å²) >= 11 is 7.40. The first kappa shape index (κ1) is 26.3. The van der Waals surface area contributed by atoms with E-state index in [0.717, 1.165) is 11.0 Å². The molecule has 0 bridgehead atoms. The molecule has 2 aromatic rings. The number of phenolic OH excluding ortho intramolecular Hbond substituents is 1. The lowest BCUT2D eigenvalue weighted by Gasteiger charge is -2.25. The summed E-state index contributed by atoms with van der Waals surface area (Å²) in [6, 6.07) is 4.15. The Balaban J connectivity index is 2.56. The minimum Gasteiger partial charge on any atom is -0.507 e. The summed E-state index contributed by atoms with van der Waals surface area (Å²) in [6.45, 7) is 7.48. The van der Waals surface area contributed by atoms with Gasteiger partial charge in [0.15, 0.2) is 0 Å². The number of hydrogen-bond donors (Lipinski definition) is 2. The van der Waals surface area contributed by atoms with Crippen LogP contribution in [0.15, 0.2) is 34.1 Å². The fourth-order valence-corrected chi connectivity index (χ4v) is 4.93. The predicted octanol–water partition coefficient (Wildman–Crippen LogP) is 6.17.